The van der Waals surface area contributed by atoms with Gasteiger partial charge in [-0.3, -0.25) is 0 Å². The first-order valence-corrected chi connectivity index (χ1v) is 5.37. The second-order valence-electron chi connectivity index (χ2n) is 3.27. The van der Waals surface area contributed by atoms with E-state index in [1.165, 1.54) is 38.5 Å². The van der Waals surface area contributed by atoms with Crippen molar-refractivity contribution in [3.8, 4) is 11.8 Å². The van der Waals surface area contributed by atoms with Gasteiger partial charge in [-0.25, -0.2) is 0 Å². The molecule has 0 heterocycles. The normalized spacial score (nSPS) is 9.17. The van der Waals surface area contributed by atoms with E-state index in [1.807, 2.05) is 0 Å². The van der Waals surface area contributed by atoms with Crippen LogP contribution in [0.1, 0.15) is 65.2 Å². The first-order valence-electron chi connectivity index (χ1n) is 5.37. The quantitative estimate of drug-likeness (QED) is 0.411. The van der Waals surface area contributed by atoms with Crippen molar-refractivity contribution in [3.05, 3.63) is 0 Å². The number of hydrogen-bond acceptors (Lipinski definition) is 0. The number of unbranched alkanes of at least 4 members (excludes halogenated alkanes) is 6. The van der Waals surface area contributed by atoms with Crippen molar-refractivity contribution in [1.82, 2.24) is 0 Å². The summed E-state index contributed by atoms with van der Waals surface area (Å²) in [4.78, 5) is 0. The Morgan fingerprint density at radius 3 is 2.00 bits per heavy atom. The fourth-order valence-electron chi connectivity index (χ4n) is 1.12. The summed E-state index contributed by atoms with van der Waals surface area (Å²) in [6, 6.07) is 0. The van der Waals surface area contributed by atoms with E-state index in [1.54, 1.807) is 0 Å². The molecule has 0 atom stereocenters. The molecule has 0 saturated heterocycles. The van der Waals surface area contributed by atoms with Crippen molar-refractivity contribution in [3.63, 3.8) is 0 Å². The van der Waals surface area contributed by atoms with E-state index in [0.717, 1.165) is 12.8 Å². The highest BCUT2D eigenvalue weighted by atomic mass is 13.9. The molecule has 70 valence electrons. The monoisotopic (exact) mass is 166 g/mol. The lowest BCUT2D eigenvalue weighted by molar-refractivity contribution is 0.641. The average Bonchev–Trinajstić information content (AvgIpc) is 2.10. The molecule has 0 aromatic carbocycles. The molecule has 0 saturated carbocycles. The molecular formula is C12H22. The van der Waals surface area contributed by atoms with Gasteiger partial charge in [-0.1, -0.05) is 39.5 Å². The number of rotatable bonds is 6. The van der Waals surface area contributed by atoms with Crippen LogP contribution in [0.25, 0.3) is 0 Å². The zero-order valence-electron chi connectivity index (χ0n) is 8.66. The molecule has 0 nitrogen and oxygen atoms in total. The molecule has 0 aromatic heterocycles. The standard InChI is InChI=1S/C12H22/c1-3-5-7-9-11-12-10-8-6-4-2/h3-7,9,11-12H2,1-2H3. The molecule has 0 aliphatic heterocycles. The molecule has 0 spiro atoms. The molecule has 0 amide bonds. The van der Waals surface area contributed by atoms with Gasteiger partial charge in [-0.05, 0) is 12.8 Å². The van der Waals surface area contributed by atoms with E-state index in [0.29, 0.717) is 0 Å². The second kappa shape index (κ2) is 10.6. The third-order valence-electron chi connectivity index (χ3n) is 1.91. The summed E-state index contributed by atoms with van der Waals surface area (Å²) in [6.07, 6.45) is 10.2. The van der Waals surface area contributed by atoms with E-state index in [9.17, 15) is 0 Å². The summed E-state index contributed by atoms with van der Waals surface area (Å²) in [5.74, 6) is 6.39. The molecule has 0 bridgehead atoms. The van der Waals surface area contributed by atoms with E-state index in [2.05, 4.69) is 25.7 Å². The number of hydrogen-bond donors (Lipinski definition) is 0. The minimum atomic E-state index is 1.08. The van der Waals surface area contributed by atoms with Crippen LogP contribution in [-0.2, 0) is 0 Å². The maximum absolute atomic E-state index is 3.21. The van der Waals surface area contributed by atoms with Crippen LogP contribution in [-0.4, -0.2) is 0 Å². The van der Waals surface area contributed by atoms with Crippen molar-refractivity contribution in [2.24, 2.45) is 0 Å². The highest BCUT2D eigenvalue weighted by Crippen LogP contribution is 2.03. The van der Waals surface area contributed by atoms with Gasteiger partial charge in [0.25, 0.3) is 0 Å². The van der Waals surface area contributed by atoms with Crippen LogP contribution in [0, 0.1) is 11.8 Å². The topological polar surface area (TPSA) is 0 Å². The first kappa shape index (κ1) is 11.6. The van der Waals surface area contributed by atoms with Crippen LogP contribution in [0.2, 0.25) is 0 Å². The highest BCUT2D eigenvalue weighted by Gasteiger charge is 1.85. The third-order valence-corrected chi connectivity index (χ3v) is 1.91. The summed E-state index contributed by atoms with van der Waals surface area (Å²) in [7, 11) is 0. The smallest absolute Gasteiger partial charge is 0.00886 e. The highest BCUT2D eigenvalue weighted by molar-refractivity contribution is 4.98. The van der Waals surface area contributed by atoms with Crippen LogP contribution in [0.5, 0.6) is 0 Å². The molecule has 0 N–H and O–H groups in total. The summed E-state index contributed by atoms with van der Waals surface area (Å²) < 4.78 is 0. The van der Waals surface area contributed by atoms with Gasteiger partial charge in [0.1, 0.15) is 0 Å². The van der Waals surface area contributed by atoms with Gasteiger partial charge in [0.2, 0.25) is 0 Å². The predicted octanol–water partition coefficient (Wildman–Crippen LogP) is 4.15. The maximum atomic E-state index is 3.21. The van der Waals surface area contributed by atoms with Crippen LogP contribution >= 0.6 is 0 Å². The maximum Gasteiger partial charge on any atom is 0.00886 e. The Morgan fingerprint density at radius 1 is 0.667 bits per heavy atom. The lowest BCUT2D eigenvalue weighted by Crippen LogP contribution is -1.76. The zero-order valence-corrected chi connectivity index (χ0v) is 8.66. The fraction of sp³-hybridized carbons (Fsp3) is 0.833. The molecule has 0 heteroatoms. The molecule has 0 rings (SSSR count). The molecule has 0 aromatic rings. The minimum Gasteiger partial charge on any atom is -0.103 e. The zero-order chi connectivity index (χ0) is 9.07. The van der Waals surface area contributed by atoms with Crippen molar-refractivity contribution in [2.45, 2.75) is 65.2 Å². The van der Waals surface area contributed by atoms with E-state index < -0.39 is 0 Å². The first-order chi connectivity index (χ1) is 5.91. The van der Waals surface area contributed by atoms with E-state index >= 15 is 0 Å². The molecule has 0 fully saturated rings. The Kier molecular flexibility index (Phi) is 10.2. The van der Waals surface area contributed by atoms with Gasteiger partial charge >= 0.3 is 0 Å². The average molecular weight is 166 g/mol. The summed E-state index contributed by atoms with van der Waals surface area (Å²) in [5, 5.41) is 0. The van der Waals surface area contributed by atoms with Crippen LogP contribution in [0.15, 0.2) is 0 Å². The van der Waals surface area contributed by atoms with Crippen molar-refractivity contribution in [2.75, 3.05) is 0 Å². The van der Waals surface area contributed by atoms with Crippen LogP contribution in [0.4, 0.5) is 0 Å². The molecule has 0 radical (unpaired) electrons. The van der Waals surface area contributed by atoms with Gasteiger partial charge in [-0.15, -0.1) is 11.8 Å². The molecule has 12 heavy (non-hydrogen) atoms. The summed E-state index contributed by atoms with van der Waals surface area (Å²) >= 11 is 0. The Morgan fingerprint density at radius 2 is 1.33 bits per heavy atom. The largest absolute Gasteiger partial charge is 0.103 e. The van der Waals surface area contributed by atoms with Crippen LogP contribution < -0.4 is 0 Å². The van der Waals surface area contributed by atoms with Gasteiger partial charge in [-0.2, -0.15) is 0 Å². The third kappa shape index (κ3) is 9.56. The molecule has 0 aliphatic carbocycles. The minimum absolute atomic E-state index is 1.08. The van der Waals surface area contributed by atoms with Crippen molar-refractivity contribution < 1.29 is 0 Å². The Balaban J connectivity index is 2.96. The Bertz CT molecular complexity index is 125. The van der Waals surface area contributed by atoms with Gasteiger partial charge in [0, 0.05) is 12.8 Å². The fourth-order valence-corrected chi connectivity index (χ4v) is 1.12. The summed E-state index contributed by atoms with van der Waals surface area (Å²) in [5.41, 5.74) is 0. The molecule has 0 unspecified atom stereocenters. The van der Waals surface area contributed by atoms with E-state index in [4.69, 9.17) is 0 Å². The van der Waals surface area contributed by atoms with E-state index in [-0.39, 0.29) is 0 Å². The van der Waals surface area contributed by atoms with Crippen molar-refractivity contribution in [1.29, 1.82) is 0 Å². The lowest BCUT2D eigenvalue weighted by atomic mass is 10.1. The van der Waals surface area contributed by atoms with Crippen molar-refractivity contribution >= 4 is 0 Å². The van der Waals surface area contributed by atoms with Gasteiger partial charge < -0.3 is 0 Å². The Hall–Kier alpha value is -0.440. The second-order valence-corrected chi connectivity index (χ2v) is 3.27. The molecular weight excluding hydrogens is 144 g/mol. The lowest BCUT2D eigenvalue weighted by Gasteiger charge is -1.94. The SMILES string of the molecule is CCCC#CCCCCCCC. The predicted molar refractivity (Wildman–Crippen MR) is 56.1 cm³/mol. The van der Waals surface area contributed by atoms with Gasteiger partial charge in [0.15, 0.2) is 0 Å². The van der Waals surface area contributed by atoms with Gasteiger partial charge in [0.05, 0.1) is 0 Å². The molecule has 0 aliphatic rings. The summed E-state index contributed by atoms with van der Waals surface area (Å²) in [6.45, 7) is 4.43. The Labute approximate surface area is 77.8 Å². The van der Waals surface area contributed by atoms with Crippen LogP contribution in [0.3, 0.4) is 0 Å².